The molecule has 0 aliphatic rings. The van der Waals surface area contributed by atoms with Crippen molar-refractivity contribution in [1.29, 1.82) is 10.5 Å². The van der Waals surface area contributed by atoms with Crippen LogP contribution in [0.5, 0.6) is 17.2 Å². The number of methoxy groups -OCH3 is 3. The Balaban J connectivity index is 2.21. The van der Waals surface area contributed by atoms with Crippen molar-refractivity contribution in [2.75, 3.05) is 32.2 Å². The largest absolute Gasteiger partial charge is 0.493 e. The van der Waals surface area contributed by atoms with Gasteiger partial charge in [-0.2, -0.15) is 10.5 Å². The molecule has 2 aromatic carbocycles. The Kier molecular flexibility index (Phi) is 5.95. The Morgan fingerprint density at radius 2 is 1.68 bits per heavy atom. The van der Waals surface area contributed by atoms with E-state index in [-0.39, 0.29) is 27.8 Å². The first kappa shape index (κ1) is 21.8. The lowest BCUT2D eigenvalue weighted by molar-refractivity contribution is 0.323. The standard InChI is InChI=1S/C21H20N4O5S/c1-24-13-14(12-23)17-9-15(5-6-18(17)24)25(8-7-22)31(26,27)16-10-19(28-2)21(30-4)20(11-16)29-3/h5-6,9-11,13H,8H2,1-4H3. The summed E-state index contributed by atoms with van der Waals surface area (Å²) in [4.78, 5) is -0.133. The van der Waals surface area contributed by atoms with Crippen molar-refractivity contribution in [3.63, 3.8) is 0 Å². The zero-order chi connectivity index (χ0) is 22.8. The molecule has 31 heavy (non-hydrogen) atoms. The van der Waals surface area contributed by atoms with Gasteiger partial charge in [0.25, 0.3) is 10.0 Å². The fourth-order valence-corrected chi connectivity index (χ4v) is 4.72. The monoisotopic (exact) mass is 440 g/mol. The second-order valence-corrected chi connectivity index (χ2v) is 8.36. The molecule has 0 aliphatic carbocycles. The third-order valence-electron chi connectivity index (χ3n) is 4.82. The van der Waals surface area contributed by atoms with Crippen LogP contribution in [0.1, 0.15) is 5.56 Å². The van der Waals surface area contributed by atoms with E-state index in [2.05, 4.69) is 6.07 Å². The Bertz CT molecular complexity index is 1310. The molecule has 1 heterocycles. The fourth-order valence-electron chi connectivity index (χ4n) is 3.34. The number of rotatable bonds is 7. The minimum absolute atomic E-state index is 0.133. The van der Waals surface area contributed by atoms with Gasteiger partial charge in [0.15, 0.2) is 11.5 Å². The average molecular weight is 440 g/mol. The van der Waals surface area contributed by atoms with Gasteiger partial charge in [-0.1, -0.05) is 0 Å². The summed E-state index contributed by atoms with van der Waals surface area (Å²) in [6.07, 6.45) is 1.66. The number of aryl methyl sites for hydroxylation is 1. The number of aromatic nitrogens is 1. The summed E-state index contributed by atoms with van der Waals surface area (Å²) >= 11 is 0. The molecule has 0 bridgehead atoms. The van der Waals surface area contributed by atoms with Crippen LogP contribution in [0.2, 0.25) is 0 Å². The first-order valence-corrected chi connectivity index (χ1v) is 10.4. The van der Waals surface area contributed by atoms with E-state index < -0.39 is 16.6 Å². The van der Waals surface area contributed by atoms with Gasteiger partial charge in [0.2, 0.25) is 5.75 Å². The van der Waals surface area contributed by atoms with Gasteiger partial charge in [0.1, 0.15) is 12.6 Å². The number of fused-ring (bicyclic) bond motifs is 1. The second-order valence-electron chi connectivity index (χ2n) is 6.50. The van der Waals surface area contributed by atoms with Crippen LogP contribution in [-0.4, -0.2) is 40.9 Å². The summed E-state index contributed by atoms with van der Waals surface area (Å²) in [6.45, 7) is -0.431. The Morgan fingerprint density at radius 3 is 2.19 bits per heavy atom. The van der Waals surface area contributed by atoms with Gasteiger partial charge in [0, 0.05) is 36.3 Å². The zero-order valence-electron chi connectivity index (χ0n) is 17.4. The van der Waals surface area contributed by atoms with E-state index in [1.54, 1.807) is 36.0 Å². The van der Waals surface area contributed by atoms with Crippen LogP contribution in [0.3, 0.4) is 0 Å². The predicted octanol–water partition coefficient (Wildman–Crippen LogP) is 2.79. The number of hydrogen-bond donors (Lipinski definition) is 0. The van der Waals surface area contributed by atoms with E-state index in [0.717, 1.165) is 9.82 Å². The van der Waals surface area contributed by atoms with E-state index in [1.165, 1.54) is 33.5 Å². The van der Waals surface area contributed by atoms with Crippen molar-refractivity contribution < 1.29 is 22.6 Å². The molecular formula is C21H20N4O5S. The second kappa shape index (κ2) is 8.46. The van der Waals surface area contributed by atoms with Crippen molar-refractivity contribution in [1.82, 2.24) is 4.57 Å². The van der Waals surface area contributed by atoms with Crippen LogP contribution in [0.25, 0.3) is 10.9 Å². The minimum Gasteiger partial charge on any atom is -0.493 e. The predicted molar refractivity (Wildman–Crippen MR) is 114 cm³/mol. The molecule has 0 saturated carbocycles. The molecule has 160 valence electrons. The third kappa shape index (κ3) is 3.69. The number of benzene rings is 2. The quantitative estimate of drug-likeness (QED) is 0.518. The van der Waals surface area contributed by atoms with Gasteiger partial charge in [-0.25, -0.2) is 8.42 Å². The lowest BCUT2D eigenvalue weighted by Crippen LogP contribution is -2.31. The van der Waals surface area contributed by atoms with Crippen molar-refractivity contribution in [2.45, 2.75) is 4.90 Å². The molecular weight excluding hydrogens is 420 g/mol. The molecule has 0 N–H and O–H groups in total. The van der Waals surface area contributed by atoms with Gasteiger partial charge in [-0.15, -0.1) is 0 Å². The van der Waals surface area contributed by atoms with Crippen molar-refractivity contribution in [3.8, 4) is 29.4 Å². The maximum absolute atomic E-state index is 13.5. The Morgan fingerprint density at radius 1 is 1.03 bits per heavy atom. The molecule has 0 spiro atoms. The number of sulfonamides is 1. The Hall–Kier alpha value is -3.89. The molecule has 1 aromatic heterocycles. The average Bonchev–Trinajstić information content (AvgIpc) is 3.10. The van der Waals surface area contributed by atoms with Gasteiger partial charge < -0.3 is 18.8 Å². The molecule has 10 heteroatoms. The minimum atomic E-state index is -4.18. The topological polar surface area (TPSA) is 118 Å². The van der Waals surface area contributed by atoms with Gasteiger partial charge in [-0.3, -0.25) is 4.31 Å². The molecule has 0 fully saturated rings. The number of ether oxygens (including phenoxy) is 3. The van der Waals surface area contributed by atoms with Crippen LogP contribution in [0.15, 0.2) is 41.4 Å². The summed E-state index contributed by atoms with van der Waals surface area (Å²) in [5.41, 5.74) is 1.43. The maximum Gasteiger partial charge on any atom is 0.265 e. The highest BCUT2D eigenvalue weighted by Gasteiger charge is 2.28. The van der Waals surface area contributed by atoms with Crippen molar-refractivity contribution in [2.24, 2.45) is 7.05 Å². The summed E-state index contributed by atoms with van der Waals surface area (Å²) < 4.78 is 45.5. The fraction of sp³-hybridized carbons (Fsp3) is 0.238. The van der Waals surface area contributed by atoms with Gasteiger partial charge in [-0.05, 0) is 18.2 Å². The summed E-state index contributed by atoms with van der Waals surface area (Å²) in [6, 6.07) is 11.5. The molecule has 0 amide bonds. The lowest BCUT2D eigenvalue weighted by Gasteiger charge is -2.23. The highest BCUT2D eigenvalue weighted by molar-refractivity contribution is 7.92. The van der Waals surface area contributed by atoms with Crippen molar-refractivity contribution in [3.05, 3.63) is 42.1 Å². The molecule has 3 rings (SSSR count). The molecule has 0 aliphatic heterocycles. The Labute approximate surface area is 180 Å². The third-order valence-corrected chi connectivity index (χ3v) is 6.57. The van der Waals surface area contributed by atoms with E-state index in [9.17, 15) is 18.9 Å². The first-order chi connectivity index (χ1) is 14.8. The van der Waals surface area contributed by atoms with Crippen LogP contribution in [0.4, 0.5) is 5.69 Å². The highest BCUT2D eigenvalue weighted by atomic mass is 32.2. The normalized spacial score (nSPS) is 10.9. The molecule has 0 saturated heterocycles. The molecule has 3 aromatic rings. The van der Waals surface area contributed by atoms with Gasteiger partial charge >= 0.3 is 0 Å². The van der Waals surface area contributed by atoms with Crippen molar-refractivity contribution >= 4 is 26.6 Å². The number of anilines is 1. The highest BCUT2D eigenvalue weighted by Crippen LogP contribution is 2.40. The summed E-state index contributed by atoms with van der Waals surface area (Å²) in [5, 5.41) is 19.3. The molecule has 0 atom stereocenters. The number of nitriles is 2. The van der Waals surface area contributed by atoms with E-state index >= 15 is 0 Å². The molecule has 9 nitrogen and oxygen atoms in total. The maximum atomic E-state index is 13.5. The van der Waals surface area contributed by atoms with E-state index in [1.807, 2.05) is 6.07 Å². The SMILES string of the molecule is COc1cc(S(=O)(=O)N(CC#N)c2ccc3c(c2)c(C#N)cn3C)cc(OC)c1OC. The smallest absolute Gasteiger partial charge is 0.265 e. The van der Waals surface area contributed by atoms with E-state index in [0.29, 0.717) is 10.9 Å². The lowest BCUT2D eigenvalue weighted by atomic mass is 10.1. The van der Waals surface area contributed by atoms with Gasteiger partial charge in [0.05, 0.1) is 43.5 Å². The van der Waals surface area contributed by atoms with Crippen LogP contribution in [0, 0.1) is 22.7 Å². The molecule has 0 radical (unpaired) electrons. The van der Waals surface area contributed by atoms with Crippen LogP contribution < -0.4 is 18.5 Å². The number of nitrogens with zero attached hydrogens (tertiary/aromatic N) is 4. The zero-order valence-corrected chi connectivity index (χ0v) is 18.2. The van der Waals surface area contributed by atoms with E-state index in [4.69, 9.17) is 14.2 Å². The summed E-state index contributed by atoms with van der Waals surface area (Å²) in [5.74, 6) is 0.588. The summed E-state index contributed by atoms with van der Waals surface area (Å²) in [7, 11) is 1.79. The number of hydrogen-bond acceptors (Lipinski definition) is 7. The first-order valence-electron chi connectivity index (χ1n) is 9.01. The van der Waals surface area contributed by atoms with Crippen LogP contribution >= 0.6 is 0 Å². The molecule has 0 unspecified atom stereocenters. The van der Waals surface area contributed by atoms with Crippen LogP contribution in [-0.2, 0) is 17.1 Å².